The first-order chi connectivity index (χ1) is 16.6. The maximum absolute atomic E-state index is 11.6. The van der Waals surface area contributed by atoms with Crippen LogP contribution < -0.4 is 19.3 Å². The molecule has 3 aromatic rings. The number of ketones is 1. The van der Waals surface area contributed by atoms with Crippen molar-refractivity contribution in [2.45, 2.75) is 38.5 Å². The number of aromatic nitrogens is 2. The molecule has 7 nitrogen and oxygen atoms in total. The molecule has 0 bridgehead atoms. The van der Waals surface area contributed by atoms with E-state index in [0.717, 1.165) is 72.8 Å². The first-order valence-electron chi connectivity index (χ1n) is 12.1. The van der Waals surface area contributed by atoms with Gasteiger partial charge in [-0.05, 0) is 50.1 Å². The van der Waals surface area contributed by atoms with Crippen molar-refractivity contribution in [3.8, 4) is 11.5 Å². The Kier molecular flexibility index (Phi) is 6.26. The first kappa shape index (κ1) is 22.4. The number of rotatable bonds is 6. The van der Waals surface area contributed by atoms with E-state index in [1.807, 2.05) is 36.4 Å². The highest BCUT2D eigenvalue weighted by molar-refractivity contribution is 5.94. The van der Waals surface area contributed by atoms with Gasteiger partial charge < -0.3 is 19.3 Å². The molecule has 1 saturated carbocycles. The number of carbonyl (C=O) groups excluding carboxylic acids is 1. The number of methoxy groups -OCH3 is 2. The van der Waals surface area contributed by atoms with Gasteiger partial charge in [-0.25, -0.2) is 9.97 Å². The molecule has 0 spiro atoms. The molecule has 5 rings (SSSR count). The second-order valence-corrected chi connectivity index (χ2v) is 9.19. The lowest BCUT2D eigenvalue weighted by atomic mass is 10.1. The van der Waals surface area contributed by atoms with Crippen molar-refractivity contribution in [1.29, 1.82) is 0 Å². The molecule has 2 heterocycles. The Morgan fingerprint density at radius 1 is 0.882 bits per heavy atom. The molecular formula is C27H32N4O3. The van der Waals surface area contributed by atoms with Crippen molar-refractivity contribution in [1.82, 2.24) is 9.97 Å². The fraction of sp³-hybridized carbons (Fsp3) is 0.444. The average molecular weight is 461 g/mol. The van der Waals surface area contributed by atoms with E-state index in [9.17, 15) is 4.79 Å². The number of hydrogen-bond donors (Lipinski definition) is 0. The predicted octanol–water partition coefficient (Wildman–Crippen LogP) is 4.83. The minimum absolute atomic E-state index is 0.0946. The van der Waals surface area contributed by atoms with Crippen LogP contribution in [0.2, 0.25) is 0 Å². The van der Waals surface area contributed by atoms with E-state index in [0.29, 0.717) is 17.4 Å². The van der Waals surface area contributed by atoms with Crippen LogP contribution in [0.3, 0.4) is 0 Å². The monoisotopic (exact) mass is 460 g/mol. The fourth-order valence-electron chi connectivity index (χ4n) is 5.15. The van der Waals surface area contributed by atoms with E-state index in [4.69, 9.17) is 19.4 Å². The molecule has 2 aliphatic rings. The third kappa shape index (κ3) is 4.27. The Hall–Kier alpha value is -3.35. The molecule has 0 amide bonds. The minimum Gasteiger partial charge on any atom is -0.493 e. The number of carbonyl (C=O) groups is 1. The molecule has 0 N–H and O–H groups in total. The number of Topliss-reactive ketones (excluding diaryl/α,β-unsaturated/α-hetero) is 1. The van der Waals surface area contributed by atoms with Gasteiger partial charge in [-0.3, -0.25) is 4.79 Å². The molecule has 0 atom stereocenters. The summed E-state index contributed by atoms with van der Waals surface area (Å²) in [4.78, 5) is 26.4. The molecular weight excluding hydrogens is 428 g/mol. The summed E-state index contributed by atoms with van der Waals surface area (Å²) >= 11 is 0. The summed E-state index contributed by atoms with van der Waals surface area (Å²) < 4.78 is 11.1. The van der Waals surface area contributed by atoms with Gasteiger partial charge in [-0.2, -0.15) is 0 Å². The van der Waals surface area contributed by atoms with E-state index in [-0.39, 0.29) is 5.78 Å². The van der Waals surface area contributed by atoms with Crippen LogP contribution in [0.1, 0.15) is 54.7 Å². The van der Waals surface area contributed by atoms with Crippen LogP contribution in [0.5, 0.6) is 11.5 Å². The number of ether oxygens (including phenoxy) is 2. The zero-order valence-electron chi connectivity index (χ0n) is 20.2. The van der Waals surface area contributed by atoms with E-state index >= 15 is 0 Å². The van der Waals surface area contributed by atoms with E-state index in [2.05, 4.69) is 9.80 Å². The fourth-order valence-corrected chi connectivity index (χ4v) is 5.15. The number of benzene rings is 2. The molecule has 1 aromatic heterocycles. The van der Waals surface area contributed by atoms with Crippen molar-refractivity contribution in [2.75, 3.05) is 50.2 Å². The molecule has 178 valence electrons. The number of hydrogen-bond acceptors (Lipinski definition) is 7. The minimum atomic E-state index is 0.0946. The Bertz CT molecular complexity index is 1180. The second kappa shape index (κ2) is 9.49. The van der Waals surface area contributed by atoms with Gasteiger partial charge in [0, 0.05) is 54.8 Å². The molecule has 1 aliphatic heterocycles. The lowest BCUT2D eigenvalue weighted by Crippen LogP contribution is -2.47. The highest BCUT2D eigenvalue weighted by atomic mass is 16.5. The van der Waals surface area contributed by atoms with Gasteiger partial charge in [-0.15, -0.1) is 0 Å². The standard InChI is InChI=1S/C27H32N4O3/c1-18(32)19-8-10-21(11-9-19)30-12-14-31(15-13-30)27-22-16-24(33-2)25(34-3)17-23(22)28-26(29-27)20-6-4-5-7-20/h8-11,16-17,20H,4-7,12-15H2,1-3H3. The van der Waals surface area contributed by atoms with E-state index in [1.165, 1.54) is 12.8 Å². The normalized spacial score (nSPS) is 16.8. The number of anilines is 2. The smallest absolute Gasteiger partial charge is 0.162 e. The highest BCUT2D eigenvalue weighted by Crippen LogP contribution is 2.39. The second-order valence-electron chi connectivity index (χ2n) is 9.19. The van der Waals surface area contributed by atoms with Crippen LogP contribution in [0, 0.1) is 0 Å². The van der Waals surface area contributed by atoms with Crippen molar-refractivity contribution in [2.24, 2.45) is 0 Å². The molecule has 2 aromatic carbocycles. The van der Waals surface area contributed by atoms with E-state index < -0.39 is 0 Å². The molecule has 1 saturated heterocycles. The summed E-state index contributed by atoms with van der Waals surface area (Å²) in [5.41, 5.74) is 2.81. The van der Waals surface area contributed by atoms with Gasteiger partial charge in [0.05, 0.1) is 19.7 Å². The summed E-state index contributed by atoms with van der Waals surface area (Å²) in [6.45, 7) is 5.09. The summed E-state index contributed by atoms with van der Waals surface area (Å²) in [5, 5.41) is 0.999. The van der Waals surface area contributed by atoms with Crippen molar-refractivity contribution in [3.63, 3.8) is 0 Å². The average Bonchev–Trinajstić information content (AvgIpc) is 3.42. The molecule has 34 heavy (non-hydrogen) atoms. The van der Waals surface area contributed by atoms with Gasteiger partial charge in [-0.1, -0.05) is 12.8 Å². The van der Waals surface area contributed by atoms with E-state index in [1.54, 1.807) is 21.1 Å². The Morgan fingerprint density at radius 3 is 2.12 bits per heavy atom. The van der Waals surface area contributed by atoms with Crippen LogP contribution >= 0.6 is 0 Å². The number of nitrogens with zero attached hydrogens (tertiary/aromatic N) is 4. The quantitative estimate of drug-likeness (QED) is 0.488. The summed E-state index contributed by atoms with van der Waals surface area (Å²) in [7, 11) is 3.32. The molecule has 2 fully saturated rings. The predicted molar refractivity (Wildman–Crippen MR) is 135 cm³/mol. The van der Waals surface area contributed by atoms with Gasteiger partial charge in [0.2, 0.25) is 0 Å². The summed E-state index contributed by atoms with van der Waals surface area (Å²) in [6.07, 6.45) is 4.80. The Morgan fingerprint density at radius 2 is 1.50 bits per heavy atom. The van der Waals surface area contributed by atoms with Gasteiger partial charge in [0.15, 0.2) is 17.3 Å². The van der Waals surface area contributed by atoms with Crippen LogP contribution in [0.25, 0.3) is 10.9 Å². The third-order valence-electron chi connectivity index (χ3n) is 7.14. The lowest BCUT2D eigenvalue weighted by molar-refractivity contribution is 0.101. The molecule has 0 unspecified atom stereocenters. The maximum atomic E-state index is 11.6. The van der Waals surface area contributed by atoms with Crippen molar-refractivity contribution in [3.05, 3.63) is 47.8 Å². The Labute approximate surface area is 200 Å². The van der Waals surface area contributed by atoms with Crippen LogP contribution in [-0.2, 0) is 0 Å². The zero-order chi connectivity index (χ0) is 23.7. The van der Waals surface area contributed by atoms with Crippen LogP contribution in [0.4, 0.5) is 11.5 Å². The van der Waals surface area contributed by atoms with Gasteiger partial charge in [0.1, 0.15) is 11.6 Å². The zero-order valence-corrected chi connectivity index (χ0v) is 20.2. The SMILES string of the molecule is COc1cc2nc(C3CCCC3)nc(N3CCN(c4ccc(C(C)=O)cc4)CC3)c2cc1OC. The molecule has 0 radical (unpaired) electrons. The topological polar surface area (TPSA) is 67.8 Å². The largest absolute Gasteiger partial charge is 0.493 e. The van der Waals surface area contributed by atoms with Crippen LogP contribution in [-0.4, -0.2) is 56.1 Å². The highest BCUT2D eigenvalue weighted by Gasteiger charge is 2.26. The number of piperazine rings is 1. The molecule has 1 aliphatic carbocycles. The number of fused-ring (bicyclic) bond motifs is 1. The summed E-state index contributed by atoms with van der Waals surface area (Å²) in [5.74, 6) is 3.84. The lowest BCUT2D eigenvalue weighted by Gasteiger charge is -2.37. The van der Waals surface area contributed by atoms with Crippen molar-refractivity contribution >= 4 is 28.2 Å². The Balaban J connectivity index is 1.45. The molecule has 7 heteroatoms. The van der Waals surface area contributed by atoms with Gasteiger partial charge in [0.25, 0.3) is 0 Å². The van der Waals surface area contributed by atoms with Crippen LogP contribution in [0.15, 0.2) is 36.4 Å². The van der Waals surface area contributed by atoms with Gasteiger partial charge >= 0.3 is 0 Å². The third-order valence-corrected chi connectivity index (χ3v) is 7.14. The maximum Gasteiger partial charge on any atom is 0.162 e. The summed E-state index contributed by atoms with van der Waals surface area (Å²) in [6, 6.07) is 11.9. The van der Waals surface area contributed by atoms with Crippen molar-refractivity contribution < 1.29 is 14.3 Å². The first-order valence-corrected chi connectivity index (χ1v) is 12.1.